The molecular formula is C10H19N3O2. The zero-order chi connectivity index (χ0) is 10.7. The van der Waals surface area contributed by atoms with E-state index in [2.05, 4.69) is 16.0 Å². The van der Waals surface area contributed by atoms with Gasteiger partial charge in [0.1, 0.15) is 5.60 Å². The second-order valence-electron chi connectivity index (χ2n) is 4.33. The average Bonchev–Trinajstić information content (AvgIpc) is 2.30. The molecule has 0 spiro atoms. The summed E-state index contributed by atoms with van der Waals surface area (Å²) in [6.45, 7) is 6.42. The maximum absolute atomic E-state index is 12.2. The number of rotatable bonds is 2. The lowest BCUT2D eigenvalue weighted by molar-refractivity contribution is -0.147. The highest BCUT2D eigenvalue weighted by Crippen LogP contribution is 2.16. The summed E-state index contributed by atoms with van der Waals surface area (Å²) in [5.41, 5.74) is -0.658. The molecule has 2 aliphatic heterocycles. The molecule has 5 nitrogen and oxygen atoms in total. The third kappa shape index (κ3) is 2.36. The van der Waals surface area contributed by atoms with Crippen molar-refractivity contribution in [2.24, 2.45) is 0 Å². The first-order valence-electron chi connectivity index (χ1n) is 5.55. The summed E-state index contributed by atoms with van der Waals surface area (Å²) in [7, 11) is 0. The van der Waals surface area contributed by atoms with Gasteiger partial charge < -0.3 is 20.7 Å². The van der Waals surface area contributed by atoms with Crippen molar-refractivity contribution < 1.29 is 9.53 Å². The van der Waals surface area contributed by atoms with Crippen LogP contribution >= 0.6 is 0 Å². The van der Waals surface area contributed by atoms with Gasteiger partial charge in [-0.25, -0.2) is 0 Å². The van der Waals surface area contributed by atoms with Crippen LogP contribution in [-0.2, 0) is 9.53 Å². The molecule has 2 atom stereocenters. The number of hydrogen-bond donors (Lipinski definition) is 3. The van der Waals surface area contributed by atoms with E-state index in [0.717, 1.165) is 19.6 Å². The fraction of sp³-hybridized carbons (Fsp3) is 0.900. The highest BCUT2D eigenvalue weighted by Gasteiger charge is 2.40. The Morgan fingerprint density at radius 1 is 1.33 bits per heavy atom. The van der Waals surface area contributed by atoms with Crippen LogP contribution in [-0.4, -0.2) is 56.8 Å². The molecule has 0 aromatic heterocycles. The van der Waals surface area contributed by atoms with Gasteiger partial charge in [-0.2, -0.15) is 0 Å². The van der Waals surface area contributed by atoms with Crippen molar-refractivity contribution in [2.75, 3.05) is 39.3 Å². The highest BCUT2D eigenvalue weighted by molar-refractivity contribution is 5.92. The fourth-order valence-electron chi connectivity index (χ4n) is 2.09. The molecule has 15 heavy (non-hydrogen) atoms. The predicted octanol–water partition coefficient (Wildman–Crippen LogP) is -1.50. The maximum atomic E-state index is 12.2. The third-order valence-electron chi connectivity index (χ3n) is 3.04. The second-order valence-corrected chi connectivity index (χ2v) is 4.33. The Balaban J connectivity index is 1.98. The largest absolute Gasteiger partial charge is 0.365 e. The minimum absolute atomic E-state index is 0.108. The molecule has 3 N–H and O–H groups in total. The first kappa shape index (κ1) is 11.0. The first-order valence-corrected chi connectivity index (χ1v) is 5.55. The molecule has 0 aliphatic carbocycles. The van der Waals surface area contributed by atoms with Crippen molar-refractivity contribution in [3.8, 4) is 0 Å². The molecule has 86 valence electrons. The van der Waals surface area contributed by atoms with E-state index in [1.54, 1.807) is 0 Å². The number of morpholine rings is 1. The molecule has 2 heterocycles. The maximum Gasteiger partial charge on any atom is 0.183 e. The van der Waals surface area contributed by atoms with Crippen LogP contribution in [0.3, 0.4) is 0 Å². The number of piperazine rings is 1. The van der Waals surface area contributed by atoms with Gasteiger partial charge in [0, 0.05) is 32.7 Å². The van der Waals surface area contributed by atoms with Crippen LogP contribution in [0.4, 0.5) is 0 Å². The molecule has 5 heteroatoms. The van der Waals surface area contributed by atoms with Crippen LogP contribution in [0.5, 0.6) is 0 Å². The van der Waals surface area contributed by atoms with Gasteiger partial charge in [-0.15, -0.1) is 0 Å². The van der Waals surface area contributed by atoms with E-state index in [-0.39, 0.29) is 11.8 Å². The molecule has 0 amide bonds. The quantitative estimate of drug-likeness (QED) is 0.521. The standard InChI is InChI=1S/C10H19N3O2/c1-10(7-12-4-5-15-10)9(14)8-6-11-2-3-13-8/h8,11-13H,2-7H2,1H3. The molecule has 0 radical (unpaired) electrons. The molecule has 2 aliphatic rings. The van der Waals surface area contributed by atoms with Crippen molar-refractivity contribution in [1.29, 1.82) is 0 Å². The number of hydrogen-bond acceptors (Lipinski definition) is 5. The number of ether oxygens (including phenoxy) is 1. The summed E-state index contributed by atoms with van der Waals surface area (Å²) < 4.78 is 5.60. The molecule has 0 bridgehead atoms. The summed E-state index contributed by atoms with van der Waals surface area (Å²) in [6, 6.07) is -0.108. The molecule has 0 aromatic carbocycles. The van der Waals surface area contributed by atoms with Crippen LogP contribution in [0.1, 0.15) is 6.92 Å². The van der Waals surface area contributed by atoms with Crippen LogP contribution in [0.2, 0.25) is 0 Å². The fourth-order valence-corrected chi connectivity index (χ4v) is 2.09. The molecule has 2 saturated heterocycles. The van der Waals surface area contributed by atoms with Crippen molar-refractivity contribution in [3.63, 3.8) is 0 Å². The van der Waals surface area contributed by atoms with Gasteiger partial charge in [0.2, 0.25) is 0 Å². The zero-order valence-corrected chi connectivity index (χ0v) is 9.14. The number of carbonyl (C=O) groups is 1. The van der Waals surface area contributed by atoms with E-state index in [0.29, 0.717) is 19.7 Å². The predicted molar refractivity (Wildman–Crippen MR) is 56.9 cm³/mol. The van der Waals surface area contributed by atoms with Gasteiger partial charge in [-0.05, 0) is 6.92 Å². The molecule has 2 fully saturated rings. The van der Waals surface area contributed by atoms with Crippen LogP contribution in [0.25, 0.3) is 0 Å². The van der Waals surface area contributed by atoms with Crippen LogP contribution in [0, 0.1) is 0 Å². The number of nitrogens with one attached hydrogen (secondary N) is 3. The minimum Gasteiger partial charge on any atom is -0.365 e. The van der Waals surface area contributed by atoms with E-state index < -0.39 is 5.60 Å². The van der Waals surface area contributed by atoms with Gasteiger partial charge in [-0.1, -0.05) is 0 Å². The van der Waals surface area contributed by atoms with Gasteiger partial charge >= 0.3 is 0 Å². The summed E-state index contributed by atoms with van der Waals surface area (Å²) in [4.78, 5) is 12.2. The van der Waals surface area contributed by atoms with Gasteiger partial charge in [0.25, 0.3) is 0 Å². The normalized spacial score (nSPS) is 37.5. The number of ketones is 1. The second kappa shape index (κ2) is 4.57. The first-order chi connectivity index (χ1) is 7.22. The monoisotopic (exact) mass is 213 g/mol. The minimum atomic E-state index is -0.658. The number of Topliss-reactive ketones (excluding diaryl/α,β-unsaturated/α-hetero) is 1. The Bertz CT molecular complexity index is 233. The summed E-state index contributed by atoms with van der Waals surface area (Å²) in [5, 5.41) is 9.64. The van der Waals surface area contributed by atoms with Gasteiger partial charge in [-0.3, -0.25) is 4.79 Å². The lowest BCUT2D eigenvalue weighted by Gasteiger charge is -2.37. The Morgan fingerprint density at radius 3 is 2.80 bits per heavy atom. The Hall–Kier alpha value is -0.490. The molecule has 0 aromatic rings. The lowest BCUT2D eigenvalue weighted by Crippen LogP contribution is -2.62. The average molecular weight is 213 g/mol. The zero-order valence-electron chi connectivity index (χ0n) is 9.14. The van der Waals surface area contributed by atoms with E-state index >= 15 is 0 Å². The summed E-state index contributed by atoms with van der Waals surface area (Å²) in [5.74, 6) is 0.155. The molecule has 2 rings (SSSR count). The van der Waals surface area contributed by atoms with Crippen molar-refractivity contribution >= 4 is 5.78 Å². The van der Waals surface area contributed by atoms with Crippen LogP contribution < -0.4 is 16.0 Å². The SMILES string of the molecule is CC1(C(=O)C2CNCCN2)CNCCO1. The number of carbonyl (C=O) groups excluding carboxylic acids is 1. The highest BCUT2D eigenvalue weighted by atomic mass is 16.5. The van der Waals surface area contributed by atoms with Crippen molar-refractivity contribution in [2.45, 2.75) is 18.6 Å². The lowest BCUT2D eigenvalue weighted by atomic mass is 9.93. The molecule has 2 unspecified atom stereocenters. The van der Waals surface area contributed by atoms with E-state index in [1.165, 1.54) is 0 Å². The molecule has 0 saturated carbocycles. The summed E-state index contributed by atoms with van der Waals surface area (Å²) >= 11 is 0. The van der Waals surface area contributed by atoms with Crippen LogP contribution in [0.15, 0.2) is 0 Å². The Morgan fingerprint density at radius 2 is 2.20 bits per heavy atom. The van der Waals surface area contributed by atoms with E-state index in [9.17, 15) is 4.79 Å². The third-order valence-corrected chi connectivity index (χ3v) is 3.04. The van der Waals surface area contributed by atoms with E-state index in [1.807, 2.05) is 6.92 Å². The van der Waals surface area contributed by atoms with Crippen molar-refractivity contribution in [3.05, 3.63) is 0 Å². The smallest absolute Gasteiger partial charge is 0.183 e. The topological polar surface area (TPSA) is 62.4 Å². The Kier molecular flexibility index (Phi) is 3.35. The summed E-state index contributed by atoms with van der Waals surface area (Å²) in [6.07, 6.45) is 0. The Labute approximate surface area is 89.9 Å². The van der Waals surface area contributed by atoms with Gasteiger partial charge in [0.05, 0.1) is 12.6 Å². The molecular weight excluding hydrogens is 194 g/mol. The van der Waals surface area contributed by atoms with Crippen molar-refractivity contribution in [1.82, 2.24) is 16.0 Å². The van der Waals surface area contributed by atoms with E-state index in [4.69, 9.17) is 4.74 Å². The van der Waals surface area contributed by atoms with Gasteiger partial charge in [0.15, 0.2) is 5.78 Å².